The molecule has 0 saturated heterocycles. The number of hydrogen-bond donors (Lipinski definition) is 1. The van der Waals surface area contributed by atoms with Crippen molar-refractivity contribution in [3.63, 3.8) is 0 Å². The van der Waals surface area contributed by atoms with Crippen LogP contribution >= 0.6 is 15.9 Å². The van der Waals surface area contributed by atoms with Crippen LogP contribution in [0.1, 0.15) is 10.4 Å². The summed E-state index contributed by atoms with van der Waals surface area (Å²) in [5.74, 6) is -0.217. The second-order valence-corrected chi connectivity index (χ2v) is 7.68. The maximum Gasteiger partial charge on any atom is 0.256 e. The van der Waals surface area contributed by atoms with E-state index in [-0.39, 0.29) is 10.8 Å². The van der Waals surface area contributed by atoms with E-state index in [1.807, 2.05) is 0 Å². The van der Waals surface area contributed by atoms with Gasteiger partial charge in [0.05, 0.1) is 10.6 Å². The molecule has 2 aromatic carbocycles. The van der Waals surface area contributed by atoms with Crippen LogP contribution in [0.5, 0.6) is 0 Å². The van der Waals surface area contributed by atoms with Crippen LogP contribution in [0.25, 0.3) is 10.8 Å². The molecule has 7 heteroatoms. The van der Waals surface area contributed by atoms with Crippen molar-refractivity contribution in [1.29, 1.82) is 0 Å². The van der Waals surface area contributed by atoms with Crippen LogP contribution in [-0.2, 0) is 10.0 Å². The molecule has 0 saturated carbocycles. The molecule has 0 spiro atoms. The van der Waals surface area contributed by atoms with Crippen LogP contribution in [0, 0.1) is 0 Å². The molecule has 1 aliphatic rings. The Morgan fingerprint density at radius 2 is 1.95 bits per heavy atom. The summed E-state index contributed by atoms with van der Waals surface area (Å²) in [6.45, 7) is 0. The number of anilines is 1. The number of rotatable bonds is 2. The van der Waals surface area contributed by atoms with E-state index in [1.165, 1.54) is 20.2 Å². The van der Waals surface area contributed by atoms with Gasteiger partial charge in [-0.25, -0.2) is 12.7 Å². The SMILES string of the molecule is CN(C)S(=O)(=O)c1cc(Br)c2c3c(cccc13)C(=O)N2. The Kier molecular flexibility index (Phi) is 2.89. The van der Waals surface area contributed by atoms with Crippen LogP contribution in [0.3, 0.4) is 0 Å². The highest BCUT2D eigenvalue weighted by Crippen LogP contribution is 2.42. The predicted molar refractivity (Wildman–Crippen MR) is 80.5 cm³/mol. The Morgan fingerprint density at radius 3 is 2.60 bits per heavy atom. The highest BCUT2D eigenvalue weighted by Gasteiger charge is 2.29. The molecule has 0 radical (unpaired) electrons. The van der Waals surface area contributed by atoms with E-state index in [4.69, 9.17) is 0 Å². The van der Waals surface area contributed by atoms with Crippen LogP contribution < -0.4 is 5.32 Å². The Labute approximate surface area is 124 Å². The second kappa shape index (κ2) is 4.28. The maximum absolute atomic E-state index is 12.4. The number of benzene rings is 2. The van der Waals surface area contributed by atoms with Gasteiger partial charge in [-0.1, -0.05) is 12.1 Å². The lowest BCUT2D eigenvalue weighted by atomic mass is 10.1. The number of carbonyl (C=O) groups excluding carboxylic acids is 1. The molecule has 0 atom stereocenters. The van der Waals surface area contributed by atoms with Crippen molar-refractivity contribution in [3.05, 3.63) is 34.3 Å². The number of carbonyl (C=O) groups is 1. The fourth-order valence-electron chi connectivity index (χ4n) is 2.31. The molecule has 0 bridgehead atoms. The highest BCUT2D eigenvalue weighted by atomic mass is 79.9. The monoisotopic (exact) mass is 354 g/mol. The number of amides is 1. The molecule has 1 N–H and O–H groups in total. The van der Waals surface area contributed by atoms with E-state index in [0.29, 0.717) is 26.5 Å². The zero-order valence-corrected chi connectivity index (χ0v) is 13.2. The zero-order valence-electron chi connectivity index (χ0n) is 10.8. The number of nitrogens with one attached hydrogen (secondary N) is 1. The summed E-state index contributed by atoms with van der Waals surface area (Å²) in [5, 5.41) is 3.95. The standard InChI is InChI=1S/C13H11BrN2O3S/c1-16(2)20(18,19)10-6-9(14)12-11-7(10)4-3-5-8(11)13(17)15-12/h3-6H,1-2H3,(H,15,17). The Balaban J connectivity index is 2.50. The average Bonchev–Trinajstić information content (AvgIpc) is 2.73. The normalized spacial score (nSPS) is 14.1. The Hall–Kier alpha value is -1.44. The number of nitrogens with zero attached hydrogens (tertiary/aromatic N) is 1. The third kappa shape index (κ3) is 1.70. The van der Waals surface area contributed by atoms with E-state index in [2.05, 4.69) is 21.2 Å². The molecule has 1 heterocycles. The molecule has 1 amide bonds. The van der Waals surface area contributed by atoms with Crippen molar-refractivity contribution in [2.24, 2.45) is 0 Å². The maximum atomic E-state index is 12.4. The second-order valence-electron chi connectivity index (χ2n) is 4.70. The van der Waals surface area contributed by atoms with E-state index >= 15 is 0 Å². The first-order chi connectivity index (χ1) is 9.34. The minimum absolute atomic E-state index is 0.187. The van der Waals surface area contributed by atoms with E-state index in [9.17, 15) is 13.2 Å². The van der Waals surface area contributed by atoms with E-state index < -0.39 is 10.0 Å². The van der Waals surface area contributed by atoms with Gasteiger partial charge in [0.15, 0.2) is 0 Å². The average molecular weight is 355 g/mol. The summed E-state index contributed by atoms with van der Waals surface area (Å²) >= 11 is 3.33. The molecule has 0 unspecified atom stereocenters. The van der Waals surface area contributed by atoms with Gasteiger partial charge in [-0.05, 0) is 28.1 Å². The lowest BCUT2D eigenvalue weighted by Crippen LogP contribution is -2.22. The number of sulfonamides is 1. The predicted octanol–water partition coefficient (Wildman–Crippen LogP) is 2.42. The van der Waals surface area contributed by atoms with Gasteiger partial charge in [-0.2, -0.15) is 0 Å². The third-order valence-electron chi connectivity index (χ3n) is 3.32. The molecule has 1 aliphatic heterocycles. The Bertz CT molecular complexity index is 860. The Morgan fingerprint density at radius 1 is 1.25 bits per heavy atom. The summed E-state index contributed by atoms with van der Waals surface area (Å²) < 4.78 is 26.6. The first kappa shape index (κ1) is 13.5. The van der Waals surface area contributed by atoms with Crippen molar-refractivity contribution in [1.82, 2.24) is 4.31 Å². The van der Waals surface area contributed by atoms with Crippen molar-refractivity contribution in [3.8, 4) is 0 Å². The van der Waals surface area contributed by atoms with Gasteiger partial charge in [0.1, 0.15) is 0 Å². The lowest BCUT2D eigenvalue weighted by molar-refractivity contribution is 0.103. The summed E-state index contributed by atoms with van der Waals surface area (Å²) in [6, 6.07) is 6.62. The third-order valence-corrected chi connectivity index (χ3v) is 5.80. The fourth-order valence-corrected chi connectivity index (χ4v) is 4.10. The van der Waals surface area contributed by atoms with Gasteiger partial charge in [0.25, 0.3) is 5.91 Å². The quantitative estimate of drug-likeness (QED) is 0.900. The minimum atomic E-state index is -3.58. The highest BCUT2D eigenvalue weighted by molar-refractivity contribution is 9.10. The van der Waals surface area contributed by atoms with Crippen LogP contribution in [0.2, 0.25) is 0 Å². The van der Waals surface area contributed by atoms with Crippen LogP contribution in [0.4, 0.5) is 5.69 Å². The molecule has 2 aromatic rings. The first-order valence-electron chi connectivity index (χ1n) is 5.83. The summed E-state index contributed by atoms with van der Waals surface area (Å²) in [6.07, 6.45) is 0. The largest absolute Gasteiger partial charge is 0.320 e. The van der Waals surface area contributed by atoms with Gasteiger partial charge >= 0.3 is 0 Å². The van der Waals surface area contributed by atoms with Crippen molar-refractivity contribution >= 4 is 48.3 Å². The van der Waals surface area contributed by atoms with Crippen molar-refractivity contribution in [2.45, 2.75) is 4.90 Å². The van der Waals surface area contributed by atoms with Crippen molar-refractivity contribution in [2.75, 3.05) is 19.4 Å². The fraction of sp³-hybridized carbons (Fsp3) is 0.154. The molecule has 0 aliphatic carbocycles. The molecular weight excluding hydrogens is 344 g/mol. The number of hydrogen-bond acceptors (Lipinski definition) is 3. The molecule has 104 valence electrons. The minimum Gasteiger partial charge on any atom is -0.320 e. The summed E-state index contributed by atoms with van der Waals surface area (Å²) in [7, 11) is -0.621. The van der Waals surface area contributed by atoms with Crippen LogP contribution in [0.15, 0.2) is 33.6 Å². The van der Waals surface area contributed by atoms with E-state index in [1.54, 1.807) is 18.2 Å². The van der Waals surface area contributed by atoms with Gasteiger partial charge in [-0.3, -0.25) is 4.79 Å². The molecule has 5 nitrogen and oxygen atoms in total. The molecular formula is C13H11BrN2O3S. The smallest absolute Gasteiger partial charge is 0.256 e. The number of halogens is 1. The van der Waals surface area contributed by atoms with Gasteiger partial charge < -0.3 is 5.32 Å². The van der Waals surface area contributed by atoms with Gasteiger partial charge in [-0.15, -0.1) is 0 Å². The molecule has 0 aromatic heterocycles. The van der Waals surface area contributed by atoms with Crippen molar-refractivity contribution < 1.29 is 13.2 Å². The molecule has 0 fully saturated rings. The van der Waals surface area contributed by atoms with E-state index in [0.717, 1.165) is 4.31 Å². The lowest BCUT2D eigenvalue weighted by Gasteiger charge is -2.15. The summed E-state index contributed by atoms with van der Waals surface area (Å²) in [4.78, 5) is 12.1. The van der Waals surface area contributed by atoms with Gasteiger partial charge in [0, 0.05) is 34.9 Å². The topological polar surface area (TPSA) is 66.5 Å². The summed E-state index contributed by atoms with van der Waals surface area (Å²) in [5.41, 5.74) is 1.12. The first-order valence-corrected chi connectivity index (χ1v) is 8.06. The van der Waals surface area contributed by atoms with Gasteiger partial charge in [0.2, 0.25) is 10.0 Å². The molecule has 20 heavy (non-hydrogen) atoms. The van der Waals surface area contributed by atoms with Crippen LogP contribution in [-0.4, -0.2) is 32.7 Å². The zero-order chi connectivity index (χ0) is 14.7. The molecule has 3 rings (SSSR count).